The van der Waals surface area contributed by atoms with Gasteiger partial charge in [0.15, 0.2) is 0 Å². The van der Waals surface area contributed by atoms with Gasteiger partial charge in [0.2, 0.25) is 17.7 Å². The highest BCUT2D eigenvalue weighted by molar-refractivity contribution is 8.00. The SMILES string of the molecule is [2H]C(=O)CCSC1CC(=O)N(CCCCCC(=O)NCCPC(C)(CC)CC)C1=O. The average molecular weight is 446 g/mol. The van der Waals surface area contributed by atoms with Gasteiger partial charge in [-0.15, -0.1) is 20.3 Å². The summed E-state index contributed by atoms with van der Waals surface area (Å²) in [5, 5.41) is 2.96. The number of hydrogen-bond acceptors (Lipinski definition) is 5. The first-order valence-electron chi connectivity index (χ1n) is 11.2. The Kier molecular flexibility index (Phi) is 11.9. The van der Waals surface area contributed by atoms with Crippen LogP contribution in [0.4, 0.5) is 0 Å². The van der Waals surface area contributed by atoms with Crippen molar-refractivity contribution in [1.29, 1.82) is 0 Å². The highest BCUT2D eigenvalue weighted by atomic mass is 32.2. The molecule has 0 spiro atoms. The first-order chi connectivity index (χ1) is 14.2. The predicted molar refractivity (Wildman–Crippen MR) is 122 cm³/mol. The molecule has 0 radical (unpaired) electrons. The van der Waals surface area contributed by atoms with E-state index in [1.807, 2.05) is 0 Å². The molecule has 8 heteroatoms. The molecule has 1 aliphatic rings. The van der Waals surface area contributed by atoms with Gasteiger partial charge < -0.3 is 10.1 Å². The van der Waals surface area contributed by atoms with Crippen molar-refractivity contribution < 1.29 is 20.5 Å². The molecule has 0 saturated carbocycles. The molecule has 0 aromatic carbocycles. The second kappa shape index (κ2) is 14.1. The van der Waals surface area contributed by atoms with E-state index in [2.05, 4.69) is 26.1 Å². The van der Waals surface area contributed by atoms with Crippen LogP contribution in [-0.4, -0.2) is 64.3 Å². The Labute approximate surface area is 182 Å². The predicted octanol–water partition coefficient (Wildman–Crippen LogP) is 3.37. The molecule has 166 valence electrons. The van der Waals surface area contributed by atoms with Crippen molar-refractivity contribution in [3.8, 4) is 0 Å². The molecular formula is C21H37N2O4PS. The van der Waals surface area contributed by atoms with Gasteiger partial charge in [0.1, 0.15) is 7.63 Å². The summed E-state index contributed by atoms with van der Waals surface area (Å²) >= 11 is 1.28. The minimum absolute atomic E-state index is 0.0724. The fraction of sp³-hybridized carbons (Fsp3) is 0.810. The van der Waals surface area contributed by atoms with Crippen molar-refractivity contribution in [2.75, 3.05) is 25.0 Å². The van der Waals surface area contributed by atoms with Gasteiger partial charge in [0.25, 0.3) is 0 Å². The number of carbonyl (C=O) groups is 4. The second-order valence-corrected chi connectivity index (χ2v) is 11.1. The molecule has 0 bridgehead atoms. The van der Waals surface area contributed by atoms with Crippen molar-refractivity contribution in [2.45, 2.75) is 82.5 Å². The molecule has 0 aliphatic carbocycles. The van der Waals surface area contributed by atoms with E-state index in [4.69, 9.17) is 1.37 Å². The van der Waals surface area contributed by atoms with Crippen molar-refractivity contribution in [3.63, 3.8) is 0 Å². The third-order valence-corrected chi connectivity index (χ3v) is 8.84. The van der Waals surface area contributed by atoms with Crippen LogP contribution in [0.1, 0.15) is 73.5 Å². The van der Waals surface area contributed by atoms with Gasteiger partial charge in [0, 0.05) is 38.1 Å². The van der Waals surface area contributed by atoms with Crippen LogP contribution in [0.3, 0.4) is 0 Å². The second-order valence-electron chi connectivity index (χ2n) is 7.70. The van der Waals surface area contributed by atoms with Crippen molar-refractivity contribution in [2.24, 2.45) is 0 Å². The highest BCUT2D eigenvalue weighted by Gasteiger charge is 2.38. The summed E-state index contributed by atoms with van der Waals surface area (Å²) in [6, 6.07) is 0. The molecule has 2 unspecified atom stereocenters. The van der Waals surface area contributed by atoms with E-state index in [-0.39, 0.29) is 30.6 Å². The summed E-state index contributed by atoms with van der Waals surface area (Å²) in [7, 11) is 0.860. The summed E-state index contributed by atoms with van der Waals surface area (Å²) in [5.41, 5.74) is 0. The van der Waals surface area contributed by atoms with Gasteiger partial charge in [-0.1, -0.05) is 27.2 Å². The van der Waals surface area contributed by atoms with E-state index in [1.165, 1.54) is 29.5 Å². The van der Waals surface area contributed by atoms with Crippen LogP contribution in [0, 0.1) is 0 Å². The van der Waals surface area contributed by atoms with Crippen LogP contribution in [0.2, 0.25) is 0 Å². The van der Waals surface area contributed by atoms with Crippen molar-refractivity contribution in [3.05, 3.63) is 0 Å². The fourth-order valence-corrected chi connectivity index (χ4v) is 5.52. The van der Waals surface area contributed by atoms with Gasteiger partial charge in [-0.05, 0) is 37.0 Å². The molecule has 1 saturated heterocycles. The van der Waals surface area contributed by atoms with Crippen LogP contribution >= 0.6 is 20.3 Å². The minimum Gasteiger partial charge on any atom is -0.356 e. The molecule has 0 aromatic heterocycles. The maximum absolute atomic E-state index is 12.3. The Bertz CT molecular complexity index is 602. The summed E-state index contributed by atoms with van der Waals surface area (Å²) in [6.07, 6.45) is 5.69. The lowest BCUT2D eigenvalue weighted by molar-refractivity contribution is -0.138. The number of nitrogens with zero attached hydrogens (tertiary/aromatic N) is 1. The highest BCUT2D eigenvalue weighted by Crippen LogP contribution is 2.36. The molecule has 2 atom stereocenters. The number of unbranched alkanes of at least 4 members (excludes halogenated alkanes) is 2. The first-order valence-corrected chi connectivity index (χ1v) is 12.9. The number of likely N-dealkylation sites (tertiary alicyclic amines) is 1. The normalized spacial score (nSPS) is 18.0. The number of thioether (sulfide) groups is 1. The van der Waals surface area contributed by atoms with Gasteiger partial charge in [-0.2, -0.15) is 0 Å². The molecule has 1 fully saturated rings. The van der Waals surface area contributed by atoms with E-state index >= 15 is 0 Å². The van der Waals surface area contributed by atoms with Crippen LogP contribution in [0.5, 0.6) is 0 Å². The smallest absolute Gasteiger partial charge is 0.242 e. The maximum Gasteiger partial charge on any atom is 0.242 e. The zero-order valence-corrected chi connectivity index (χ0v) is 19.9. The van der Waals surface area contributed by atoms with Gasteiger partial charge in [0.05, 0.1) is 5.25 Å². The third kappa shape index (κ3) is 9.61. The number of carbonyl (C=O) groups excluding carboxylic acids is 4. The maximum atomic E-state index is 12.3. The Morgan fingerprint density at radius 3 is 2.72 bits per heavy atom. The quantitative estimate of drug-likeness (QED) is 0.170. The standard InChI is InChI=1S/C21H37N2O4PS/c1-4-21(3,5-2)28-14-11-22-18(25)10-7-6-8-12-23-19(26)16-17(20(23)27)29-15-9-13-24/h13,17,28H,4-12,14-16H2,1-3H3,(H,22,25)/i13D. The van der Waals surface area contributed by atoms with Crippen LogP contribution in [-0.2, 0) is 19.2 Å². The number of hydrogen-bond donors (Lipinski definition) is 1. The van der Waals surface area contributed by atoms with E-state index in [0.717, 1.165) is 34.1 Å². The Morgan fingerprint density at radius 2 is 2.07 bits per heavy atom. The summed E-state index contributed by atoms with van der Waals surface area (Å²) in [4.78, 5) is 48.3. The Balaban J connectivity index is 2.14. The lowest BCUT2D eigenvalue weighted by Gasteiger charge is -2.26. The van der Waals surface area contributed by atoms with Gasteiger partial charge >= 0.3 is 0 Å². The molecule has 0 aromatic rings. The van der Waals surface area contributed by atoms with E-state index in [9.17, 15) is 19.2 Å². The topological polar surface area (TPSA) is 83.6 Å². The number of nitrogens with one attached hydrogen (secondary N) is 1. The van der Waals surface area contributed by atoms with E-state index in [0.29, 0.717) is 30.3 Å². The van der Waals surface area contributed by atoms with Gasteiger partial charge in [-0.25, -0.2) is 0 Å². The third-order valence-electron chi connectivity index (χ3n) is 5.57. The summed E-state index contributed by atoms with van der Waals surface area (Å²) in [6.45, 7) is 7.87. The Morgan fingerprint density at radius 1 is 1.34 bits per heavy atom. The number of rotatable bonds is 16. The van der Waals surface area contributed by atoms with E-state index in [1.54, 1.807) is 0 Å². The zero-order chi connectivity index (χ0) is 22.6. The zero-order valence-electron chi connectivity index (χ0n) is 19.1. The minimum atomic E-state index is -0.652. The summed E-state index contributed by atoms with van der Waals surface area (Å²) < 4.78 is 6.89. The molecule has 1 N–H and O–H groups in total. The van der Waals surface area contributed by atoms with Crippen LogP contribution in [0.25, 0.3) is 0 Å². The van der Waals surface area contributed by atoms with Crippen molar-refractivity contribution in [1.82, 2.24) is 10.2 Å². The van der Waals surface area contributed by atoms with Crippen LogP contribution in [0.15, 0.2) is 0 Å². The average Bonchev–Trinajstić information content (AvgIpc) is 2.98. The molecule has 6 nitrogen and oxygen atoms in total. The molecule has 1 aliphatic heterocycles. The van der Waals surface area contributed by atoms with Crippen molar-refractivity contribution >= 4 is 44.3 Å². The first kappa shape index (κ1) is 24.3. The van der Waals surface area contributed by atoms with Gasteiger partial charge in [-0.3, -0.25) is 19.3 Å². The largest absolute Gasteiger partial charge is 0.356 e. The molecule has 29 heavy (non-hydrogen) atoms. The number of aldehydes is 1. The van der Waals surface area contributed by atoms with Crippen LogP contribution < -0.4 is 5.32 Å². The number of amides is 3. The molecule has 3 amide bonds. The summed E-state index contributed by atoms with van der Waals surface area (Å²) in [5.74, 6) is 0.112. The lowest BCUT2D eigenvalue weighted by atomic mass is 10.1. The monoisotopic (exact) mass is 445 g/mol. The Hall–Kier alpha value is -0.940. The molecular weight excluding hydrogens is 407 g/mol. The molecule has 1 heterocycles. The fourth-order valence-electron chi connectivity index (χ4n) is 3.15. The molecule has 1 rings (SSSR count). The lowest BCUT2D eigenvalue weighted by Crippen LogP contribution is -2.32. The van der Waals surface area contributed by atoms with E-state index < -0.39 is 11.5 Å². The number of imide groups is 1.